The van der Waals surface area contributed by atoms with Gasteiger partial charge in [-0.25, -0.2) is 4.79 Å². The van der Waals surface area contributed by atoms with Crippen LogP contribution < -0.4 is 0 Å². The first kappa shape index (κ1) is 27.1. The zero-order chi connectivity index (χ0) is 25.4. The van der Waals surface area contributed by atoms with Gasteiger partial charge in [-0.15, -0.1) is 0 Å². The molecule has 0 spiro atoms. The maximum atomic E-state index is 12.8. The molecule has 3 rings (SSSR count). The lowest BCUT2D eigenvalue weighted by Crippen LogP contribution is -2.57. The summed E-state index contributed by atoms with van der Waals surface area (Å²) in [6.45, 7) is 2.19. The van der Waals surface area contributed by atoms with E-state index in [0.29, 0.717) is 12.2 Å². The number of carbonyl (C=O) groups is 1. The number of alkyl halides is 3. The Balaban J connectivity index is 1.83. The maximum absolute atomic E-state index is 12.8. The van der Waals surface area contributed by atoms with Crippen molar-refractivity contribution in [1.29, 1.82) is 5.41 Å². The minimum absolute atomic E-state index is 0.0966. The third kappa shape index (κ3) is 7.48. The van der Waals surface area contributed by atoms with E-state index in [0.717, 1.165) is 5.56 Å². The number of ether oxygens (including phenoxy) is 4. The van der Waals surface area contributed by atoms with Crippen molar-refractivity contribution >= 4 is 46.7 Å². The van der Waals surface area contributed by atoms with Crippen molar-refractivity contribution in [2.45, 2.75) is 41.9 Å². The van der Waals surface area contributed by atoms with Gasteiger partial charge in [-0.1, -0.05) is 95.4 Å². The fourth-order valence-corrected chi connectivity index (χ4v) is 3.65. The van der Waals surface area contributed by atoms with E-state index in [2.05, 4.69) is 10.0 Å². The van der Waals surface area contributed by atoms with Gasteiger partial charge in [0, 0.05) is 10.8 Å². The summed E-state index contributed by atoms with van der Waals surface area (Å²) in [5, 5.41) is 11.7. The summed E-state index contributed by atoms with van der Waals surface area (Å²) < 4.78 is 20.8. The smallest absolute Gasteiger partial charge is 0.338 e. The standard InChI is InChI=1S/C23H23Cl3N4O5/c1-14-17(13-32-12-15-8-4-2-5-9-15)33-21(35-22(27)23(24,25)26)18(29-30-28)19(14)34-20(31)16-10-6-3-7-11-16/h2-11,14,17-19,21,27H,12-13H2,1H3/t14-,17?,18?,19-,21+/m0/s1. The van der Waals surface area contributed by atoms with E-state index in [1.807, 2.05) is 30.3 Å². The molecular formula is C23H23Cl3N4O5. The molecule has 0 radical (unpaired) electrons. The number of hydrogen-bond acceptors (Lipinski definition) is 7. The molecule has 0 aliphatic carbocycles. The molecule has 1 fully saturated rings. The molecule has 12 heteroatoms. The number of carbonyl (C=O) groups excluding carboxylic acids is 1. The van der Waals surface area contributed by atoms with Crippen LogP contribution in [0.4, 0.5) is 0 Å². The van der Waals surface area contributed by atoms with Gasteiger partial charge < -0.3 is 18.9 Å². The van der Waals surface area contributed by atoms with Gasteiger partial charge in [-0.3, -0.25) is 5.41 Å². The van der Waals surface area contributed by atoms with Crippen LogP contribution >= 0.6 is 34.8 Å². The Labute approximate surface area is 217 Å². The van der Waals surface area contributed by atoms with Crippen LogP contribution in [0.15, 0.2) is 65.8 Å². The normalized spacial score (nSPS) is 24.2. The number of esters is 1. The van der Waals surface area contributed by atoms with Gasteiger partial charge in [-0.2, -0.15) is 0 Å². The van der Waals surface area contributed by atoms with Gasteiger partial charge >= 0.3 is 5.97 Å². The maximum Gasteiger partial charge on any atom is 0.338 e. The van der Waals surface area contributed by atoms with Crippen LogP contribution in [0.3, 0.4) is 0 Å². The highest BCUT2D eigenvalue weighted by Gasteiger charge is 2.48. The summed E-state index contributed by atoms with van der Waals surface area (Å²) in [6, 6.07) is 16.7. The molecule has 2 unspecified atom stereocenters. The van der Waals surface area contributed by atoms with Gasteiger partial charge in [0.25, 0.3) is 3.79 Å². The van der Waals surface area contributed by atoms with Gasteiger partial charge in [0.2, 0.25) is 12.2 Å². The highest BCUT2D eigenvalue weighted by Crippen LogP contribution is 2.35. The zero-order valence-electron chi connectivity index (χ0n) is 18.6. The Morgan fingerprint density at radius 1 is 1.11 bits per heavy atom. The molecule has 0 bridgehead atoms. The van der Waals surface area contributed by atoms with Crippen LogP contribution in [0.25, 0.3) is 10.4 Å². The fraction of sp³-hybridized carbons (Fsp3) is 0.391. The van der Waals surface area contributed by atoms with E-state index in [-0.39, 0.29) is 6.61 Å². The largest absolute Gasteiger partial charge is 0.458 e. The number of rotatable bonds is 8. The van der Waals surface area contributed by atoms with Crippen LogP contribution in [-0.4, -0.2) is 46.8 Å². The van der Waals surface area contributed by atoms with Gasteiger partial charge in [0.1, 0.15) is 12.1 Å². The van der Waals surface area contributed by atoms with E-state index >= 15 is 0 Å². The Bertz CT molecular complexity index is 1050. The minimum atomic E-state index is -2.18. The Morgan fingerprint density at radius 2 is 1.74 bits per heavy atom. The first-order valence-electron chi connectivity index (χ1n) is 10.6. The van der Waals surface area contributed by atoms with Crippen molar-refractivity contribution < 1.29 is 23.7 Å². The molecule has 1 aliphatic rings. The molecule has 35 heavy (non-hydrogen) atoms. The van der Waals surface area contributed by atoms with Crippen LogP contribution in [0.2, 0.25) is 0 Å². The van der Waals surface area contributed by atoms with Gasteiger partial charge in [-0.05, 0) is 23.2 Å². The van der Waals surface area contributed by atoms with Crippen LogP contribution in [0, 0.1) is 11.3 Å². The van der Waals surface area contributed by atoms with Crippen LogP contribution in [0.1, 0.15) is 22.8 Å². The second-order valence-corrected chi connectivity index (χ2v) is 10.1. The number of benzene rings is 2. The second kappa shape index (κ2) is 12.4. The molecule has 1 heterocycles. The third-order valence-corrected chi connectivity index (χ3v) is 5.87. The summed E-state index contributed by atoms with van der Waals surface area (Å²) in [5.41, 5.74) is 10.4. The van der Waals surface area contributed by atoms with Crippen molar-refractivity contribution in [3.8, 4) is 0 Å². The summed E-state index contributed by atoms with van der Waals surface area (Å²) in [6.07, 6.45) is -3.01. The highest BCUT2D eigenvalue weighted by atomic mass is 35.6. The van der Waals surface area contributed by atoms with Crippen LogP contribution in [0.5, 0.6) is 0 Å². The zero-order valence-corrected chi connectivity index (χ0v) is 20.9. The topological polar surface area (TPSA) is 127 Å². The molecule has 9 nitrogen and oxygen atoms in total. The molecule has 0 saturated carbocycles. The number of nitrogens with one attached hydrogen (secondary N) is 1. The molecule has 0 amide bonds. The SMILES string of the molecule is C[C@H]1C(COCc2ccccc2)O[C@H](OC(=N)C(Cl)(Cl)Cl)C(N=[N+]=[N-])[C@H]1OC(=O)c1ccccc1. The summed E-state index contributed by atoms with van der Waals surface area (Å²) in [4.78, 5) is 15.7. The van der Waals surface area contributed by atoms with Crippen molar-refractivity contribution in [3.05, 3.63) is 82.2 Å². The lowest BCUT2D eigenvalue weighted by atomic mass is 9.89. The number of hydrogen-bond donors (Lipinski definition) is 1. The molecule has 5 atom stereocenters. The first-order valence-corrected chi connectivity index (χ1v) is 11.7. The predicted octanol–water partition coefficient (Wildman–Crippen LogP) is 5.83. The average molecular weight is 542 g/mol. The number of halogens is 3. The number of nitrogens with zero attached hydrogens (tertiary/aromatic N) is 3. The predicted molar refractivity (Wildman–Crippen MR) is 132 cm³/mol. The number of azide groups is 1. The minimum Gasteiger partial charge on any atom is -0.458 e. The Kier molecular flexibility index (Phi) is 9.63. The molecule has 2 aromatic carbocycles. The average Bonchev–Trinajstić information content (AvgIpc) is 2.84. The summed E-state index contributed by atoms with van der Waals surface area (Å²) in [5.74, 6) is -1.84. The van der Waals surface area contributed by atoms with E-state index in [9.17, 15) is 4.79 Å². The van der Waals surface area contributed by atoms with Crippen molar-refractivity contribution in [3.63, 3.8) is 0 Å². The van der Waals surface area contributed by atoms with Crippen molar-refractivity contribution in [2.75, 3.05) is 6.61 Å². The molecular weight excluding hydrogens is 519 g/mol. The molecule has 1 saturated heterocycles. The molecule has 1 aliphatic heterocycles. The van der Waals surface area contributed by atoms with Crippen molar-refractivity contribution in [2.24, 2.45) is 11.0 Å². The lowest BCUT2D eigenvalue weighted by molar-refractivity contribution is -0.227. The quantitative estimate of drug-likeness (QED) is 0.0855. The fourth-order valence-electron chi connectivity index (χ4n) is 3.52. The lowest BCUT2D eigenvalue weighted by Gasteiger charge is -2.43. The van der Waals surface area contributed by atoms with Gasteiger partial charge in [0.05, 0.1) is 24.9 Å². The molecule has 1 N–H and O–H groups in total. The molecule has 2 aromatic rings. The highest BCUT2D eigenvalue weighted by molar-refractivity contribution is 6.76. The molecule has 186 valence electrons. The van der Waals surface area contributed by atoms with E-state index in [4.69, 9.17) is 64.7 Å². The monoisotopic (exact) mass is 540 g/mol. The van der Waals surface area contributed by atoms with Crippen molar-refractivity contribution in [1.82, 2.24) is 0 Å². The van der Waals surface area contributed by atoms with E-state index in [1.54, 1.807) is 37.3 Å². The Morgan fingerprint density at radius 3 is 2.34 bits per heavy atom. The van der Waals surface area contributed by atoms with Crippen LogP contribution in [-0.2, 0) is 25.6 Å². The van der Waals surface area contributed by atoms with E-state index < -0.39 is 46.1 Å². The second-order valence-electron chi connectivity index (χ2n) is 7.78. The molecule has 0 aromatic heterocycles. The summed E-state index contributed by atoms with van der Waals surface area (Å²) in [7, 11) is 0. The Hall–Kier alpha value is -2.52. The van der Waals surface area contributed by atoms with Gasteiger partial charge in [0.15, 0.2) is 0 Å². The van der Waals surface area contributed by atoms with E-state index in [1.165, 1.54) is 0 Å². The summed E-state index contributed by atoms with van der Waals surface area (Å²) >= 11 is 17.3. The third-order valence-electron chi connectivity index (χ3n) is 5.35. The first-order chi connectivity index (χ1) is 16.7.